The average molecular weight is 411 g/mol. The summed E-state index contributed by atoms with van der Waals surface area (Å²) in [4.78, 5) is 20.9. The third kappa shape index (κ3) is 5.57. The van der Waals surface area contributed by atoms with E-state index in [1.165, 1.54) is 0 Å². The molecule has 0 spiro atoms. The second kappa shape index (κ2) is 9.41. The molecule has 3 aromatic carbocycles. The smallest absolute Gasteiger partial charge is 0.262 e. The molecule has 4 rings (SSSR count). The fourth-order valence-corrected chi connectivity index (χ4v) is 2.91. The number of hydrogen-bond acceptors (Lipinski definition) is 6. The van der Waals surface area contributed by atoms with Gasteiger partial charge < -0.3 is 21.1 Å². The molecule has 0 bridgehead atoms. The van der Waals surface area contributed by atoms with E-state index in [0.29, 0.717) is 23.1 Å². The summed E-state index contributed by atoms with van der Waals surface area (Å²) in [7, 11) is 0. The van der Waals surface area contributed by atoms with Crippen molar-refractivity contribution in [3.63, 3.8) is 0 Å². The van der Waals surface area contributed by atoms with Crippen LogP contribution in [0.5, 0.6) is 5.75 Å². The van der Waals surface area contributed by atoms with Crippen LogP contribution in [-0.4, -0.2) is 22.5 Å². The van der Waals surface area contributed by atoms with Gasteiger partial charge in [0.2, 0.25) is 5.95 Å². The molecule has 0 aliphatic carbocycles. The summed E-state index contributed by atoms with van der Waals surface area (Å²) in [6.45, 7) is -0.0588. The Hall–Kier alpha value is -4.39. The molecule has 0 aliphatic heterocycles. The predicted octanol–water partition coefficient (Wildman–Crippen LogP) is 4.49. The summed E-state index contributed by atoms with van der Waals surface area (Å²) < 4.78 is 5.46. The maximum atomic E-state index is 12.1. The van der Waals surface area contributed by atoms with Crippen LogP contribution in [0, 0.1) is 0 Å². The Balaban J connectivity index is 1.38. The first-order valence-corrected chi connectivity index (χ1v) is 9.69. The zero-order valence-corrected chi connectivity index (χ0v) is 16.7. The third-order valence-electron chi connectivity index (χ3n) is 4.38. The molecule has 4 N–H and O–H groups in total. The molecule has 0 unspecified atom stereocenters. The van der Waals surface area contributed by atoms with E-state index in [2.05, 4.69) is 20.6 Å². The minimum absolute atomic E-state index is 0.0588. The topological polar surface area (TPSA) is 102 Å². The number of ether oxygens (including phenoxy) is 1. The van der Waals surface area contributed by atoms with Crippen LogP contribution < -0.4 is 21.1 Å². The summed E-state index contributed by atoms with van der Waals surface area (Å²) in [5.74, 6) is 0.894. The van der Waals surface area contributed by atoms with E-state index in [9.17, 15) is 4.79 Å². The van der Waals surface area contributed by atoms with Crippen LogP contribution >= 0.6 is 0 Å². The Bertz CT molecular complexity index is 1160. The third-order valence-corrected chi connectivity index (χ3v) is 4.38. The highest BCUT2D eigenvalue weighted by Gasteiger charge is 2.06. The van der Waals surface area contributed by atoms with Gasteiger partial charge in [-0.25, -0.2) is 9.97 Å². The van der Waals surface area contributed by atoms with Crippen molar-refractivity contribution in [3.8, 4) is 17.0 Å². The number of rotatable bonds is 7. The highest BCUT2D eigenvalue weighted by Crippen LogP contribution is 2.22. The minimum Gasteiger partial charge on any atom is -0.484 e. The summed E-state index contributed by atoms with van der Waals surface area (Å²) >= 11 is 0. The summed E-state index contributed by atoms with van der Waals surface area (Å²) in [5, 5.41) is 5.97. The standard InChI is InChI=1S/C24H21N5O2/c25-18-5-4-6-20(15-18)28-24-26-14-13-22(29-24)17-9-11-19(12-10-17)27-23(30)16-31-21-7-2-1-3-8-21/h1-15H,16,25H2,(H,27,30)(H,26,28,29). The maximum absolute atomic E-state index is 12.1. The van der Waals surface area contributed by atoms with E-state index >= 15 is 0 Å². The number of para-hydroxylation sites is 1. The van der Waals surface area contributed by atoms with Crippen LogP contribution in [0.4, 0.5) is 23.0 Å². The SMILES string of the molecule is Nc1cccc(Nc2nccc(-c3ccc(NC(=O)COc4ccccc4)cc3)n2)c1. The van der Waals surface area contributed by atoms with Crippen molar-refractivity contribution < 1.29 is 9.53 Å². The number of anilines is 4. The minimum atomic E-state index is -0.229. The molecule has 0 radical (unpaired) electrons. The van der Waals surface area contributed by atoms with Crippen LogP contribution in [-0.2, 0) is 4.79 Å². The van der Waals surface area contributed by atoms with Crippen LogP contribution in [0.3, 0.4) is 0 Å². The Labute approximate surface area is 179 Å². The van der Waals surface area contributed by atoms with Gasteiger partial charge in [0.1, 0.15) is 5.75 Å². The zero-order chi connectivity index (χ0) is 21.5. The molecule has 0 atom stereocenters. The molecule has 0 fully saturated rings. The fourth-order valence-electron chi connectivity index (χ4n) is 2.91. The van der Waals surface area contributed by atoms with Gasteiger partial charge in [-0.3, -0.25) is 4.79 Å². The van der Waals surface area contributed by atoms with Crippen molar-refractivity contribution in [2.75, 3.05) is 23.0 Å². The van der Waals surface area contributed by atoms with Gasteiger partial charge in [-0.15, -0.1) is 0 Å². The molecule has 0 aliphatic rings. The molecule has 0 saturated carbocycles. The summed E-state index contributed by atoms with van der Waals surface area (Å²) in [6, 6.07) is 25.8. The lowest BCUT2D eigenvalue weighted by molar-refractivity contribution is -0.118. The molecule has 1 aromatic heterocycles. The zero-order valence-electron chi connectivity index (χ0n) is 16.7. The summed E-state index contributed by atoms with van der Waals surface area (Å²) in [5.41, 5.74) is 9.62. The van der Waals surface area contributed by atoms with Crippen molar-refractivity contribution in [2.45, 2.75) is 0 Å². The number of carbonyl (C=O) groups excluding carboxylic acids is 1. The number of hydrogen-bond donors (Lipinski definition) is 3. The van der Waals surface area contributed by atoms with E-state index < -0.39 is 0 Å². The molecule has 1 heterocycles. The number of carbonyl (C=O) groups is 1. The normalized spacial score (nSPS) is 10.3. The van der Waals surface area contributed by atoms with Crippen LogP contribution in [0.15, 0.2) is 91.1 Å². The summed E-state index contributed by atoms with van der Waals surface area (Å²) in [6.07, 6.45) is 1.69. The number of aromatic nitrogens is 2. The van der Waals surface area contributed by atoms with Gasteiger partial charge in [-0.2, -0.15) is 0 Å². The number of benzene rings is 3. The molecule has 7 heteroatoms. The number of nitrogen functional groups attached to an aromatic ring is 1. The van der Waals surface area contributed by atoms with Gasteiger partial charge >= 0.3 is 0 Å². The van der Waals surface area contributed by atoms with Gasteiger partial charge in [-0.05, 0) is 48.5 Å². The van der Waals surface area contributed by atoms with Gasteiger partial charge in [0.25, 0.3) is 5.91 Å². The van der Waals surface area contributed by atoms with E-state index in [0.717, 1.165) is 16.9 Å². The molecule has 4 aromatic rings. The predicted molar refractivity (Wildman–Crippen MR) is 122 cm³/mol. The lowest BCUT2D eigenvalue weighted by atomic mass is 10.1. The van der Waals surface area contributed by atoms with Gasteiger partial charge in [0.15, 0.2) is 6.61 Å². The van der Waals surface area contributed by atoms with Crippen molar-refractivity contribution >= 4 is 28.9 Å². The Morgan fingerprint density at radius 2 is 1.71 bits per heavy atom. The lowest BCUT2D eigenvalue weighted by Gasteiger charge is -2.09. The molecule has 7 nitrogen and oxygen atoms in total. The van der Waals surface area contributed by atoms with Crippen LogP contribution in [0.2, 0.25) is 0 Å². The second-order valence-electron chi connectivity index (χ2n) is 6.74. The van der Waals surface area contributed by atoms with Gasteiger partial charge in [0.05, 0.1) is 5.69 Å². The highest BCUT2D eigenvalue weighted by atomic mass is 16.5. The number of nitrogens with one attached hydrogen (secondary N) is 2. The molecule has 0 saturated heterocycles. The Kier molecular flexibility index (Phi) is 6.04. The van der Waals surface area contributed by atoms with E-state index in [4.69, 9.17) is 10.5 Å². The first-order valence-electron chi connectivity index (χ1n) is 9.69. The maximum Gasteiger partial charge on any atom is 0.262 e. The Morgan fingerprint density at radius 3 is 2.48 bits per heavy atom. The lowest BCUT2D eigenvalue weighted by Crippen LogP contribution is -2.20. The number of nitrogens with zero attached hydrogens (tertiary/aromatic N) is 2. The second-order valence-corrected chi connectivity index (χ2v) is 6.74. The van der Waals surface area contributed by atoms with Gasteiger partial charge in [0, 0.05) is 28.8 Å². The van der Waals surface area contributed by atoms with Crippen LogP contribution in [0.1, 0.15) is 0 Å². The van der Waals surface area contributed by atoms with E-state index in [1.807, 2.05) is 72.8 Å². The average Bonchev–Trinajstić information content (AvgIpc) is 2.79. The van der Waals surface area contributed by atoms with Crippen LogP contribution in [0.25, 0.3) is 11.3 Å². The van der Waals surface area contributed by atoms with E-state index in [1.54, 1.807) is 18.3 Å². The van der Waals surface area contributed by atoms with Crippen molar-refractivity contribution in [1.29, 1.82) is 0 Å². The van der Waals surface area contributed by atoms with Gasteiger partial charge in [-0.1, -0.05) is 36.4 Å². The molecular weight excluding hydrogens is 390 g/mol. The number of amides is 1. The first kappa shape index (κ1) is 19.9. The van der Waals surface area contributed by atoms with E-state index in [-0.39, 0.29) is 12.5 Å². The Morgan fingerprint density at radius 1 is 0.903 bits per heavy atom. The molecule has 1 amide bonds. The van der Waals surface area contributed by atoms with Crippen molar-refractivity contribution in [2.24, 2.45) is 0 Å². The van der Waals surface area contributed by atoms with Crippen molar-refractivity contribution in [1.82, 2.24) is 9.97 Å². The molecule has 154 valence electrons. The largest absolute Gasteiger partial charge is 0.484 e. The van der Waals surface area contributed by atoms with Crippen molar-refractivity contribution in [3.05, 3.63) is 91.1 Å². The monoisotopic (exact) mass is 411 g/mol. The quantitative estimate of drug-likeness (QED) is 0.387. The first-order chi connectivity index (χ1) is 15.2. The molecular formula is C24H21N5O2. The fraction of sp³-hybridized carbons (Fsp3) is 0.0417. The number of nitrogens with two attached hydrogens (primary N) is 1. The highest BCUT2D eigenvalue weighted by molar-refractivity contribution is 5.92. The molecule has 31 heavy (non-hydrogen) atoms.